The fraction of sp³-hybridized carbons (Fsp3) is 0.667. The van der Waals surface area contributed by atoms with Crippen LogP contribution < -0.4 is 0 Å². The second-order valence-corrected chi connectivity index (χ2v) is 4.32. The van der Waals surface area contributed by atoms with Crippen LogP contribution in [0.4, 0.5) is 0 Å². The van der Waals surface area contributed by atoms with E-state index >= 15 is 0 Å². The maximum Gasteiger partial charge on any atom is 0.122 e. The van der Waals surface area contributed by atoms with E-state index in [9.17, 15) is 0 Å². The average Bonchev–Trinajstić information content (AvgIpc) is 2.67. The van der Waals surface area contributed by atoms with Crippen molar-refractivity contribution < 1.29 is 9.84 Å². The molecule has 0 bridgehead atoms. The Hall–Kier alpha value is -0.450. The predicted octanol–water partition coefficient (Wildman–Crippen LogP) is 1.88. The second-order valence-electron chi connectivity index (χ2n) is 3.18. The Morgan fingerprint density at radius 3 is 3.15 bits per heavy atom. The highest BCUT2D eigenvalue weighted by Crippen LogP contribution is 2.30. The normalized spacial score (nSPS) is 23.3. The van der Waals surface area contributed by atoms with Gasteiger partial charge in [0.2, 0.25) is 0 Å². The van der Waals surface area contributed by atoms with Gasteiger partial charge >= 0.3 is 0 Å². The standard InChI is InChI=1S/C9H13NO2S/c11-6-7-5-10-9(13-7)8-3-1-2-4-12-8/h5,8,11H,1-4,6H2. The van der Waals surface area contributed by atoms with E-state index in [0.29, 0.717) is 0 Å². The van der Waals surface area contributed by atoms with Crippen LogP contribution >= 0.6 is 11.3 Å². The molecule has 1 fully saturated rings. The summed E-state index contributed by atoms with van der Waals surface area (Å²) in [6, 6.07) is 0. The zero-order valence-corrected chi connectivity index (χ0v) is 8.22. The number of rotatable bonds is 2. The van der Waals surface area contributed by atoms with Gasteiger partial charge in [-0.05, 0) is 19.3 Å². The van der Waals surface area contributed by atoms with Gasteiger partial charge in [-0.2, -0.15) is 0 Å². The van der Waals surface area contributed by atoms with Crippen molar-refractivity contribution in [1.82, 2.24) is 4.98 Å². The Bertz CT molecular complexity index is 268. The van der Waals surface area contributed by atoms with E-state index in [1.807, 2.05) is 0 Å². The summed E-state index contributed by atoms with van der Waals surface area (Å²) in [7, 11) is 0. The summed E-state index contributed by atoms with van der Waals surface area (Å²) in [6.07, 6.45) is 5.36. The lowest BCUT2D eigenvalue weighted by Gasteiger charge is -2.20. The molecule has 1 aliphatic heterocycles. The van der Waals surface area contributed by atoms with Gasteiger partial charge in [-0.25, -0.2) is 4.98 Å². The first-order valence-corrected chi connectivity index (χ1v) is 5.39. The van der Waals surface area contributed by atoms with E-state index in [-0.39, 0.29) is 12.7 Å². The van der Waals surface area contributed by atoms with Crippen molar-refractivity contribution in [2.24, 2.45) is 0 Å². The van der Waals surface area contributed by atoms with Gasteiger partial charge in [0, 0.05) is 12.8 Å². The van der Waals surface area contributed by atoms with Gasteiger partial charge < -0.3 is 9.84 Å². The number of aromatic nitrogens is 1. The minimum Gasteiger partial charge on any atom is -0.391 e. The van der Waals surface area contributed by atoms with Crippen molar-refractivity contribution >= 4 is 11.3 Å². The molecule has 72 valence electrons. The molecule has 0 aromatic carbocycles. The van der Waals surface area contributed by atoms with E-state index in [1.54, 1.807) is 17.5 Å². The van der Waals surface area contributed by atoms with Gasteiger partial charge in [0.05, 0.1) is 11.5 Å². The van der Waals surface area contributed by atoms with Crippen LogP contribution in [0, 0.1) is 0 Å². The summed E-state index contributed by atoms with van der Waals surface area (Å²) >= 11 is 1.55. The van der Waals surface area contributed by atoms with Gasteiger partial charge in [-0.15, -0.1) is 11.3 Å². The summed E-state index contributed by atoms with van der Waals surface area (Å²) in [6.45, 7) is 0.934. The second kappa shape index (κ2) is 4.17. The van der Waals surface area contributed by atoms with E-state index in [2.05, 4.69) is 4.98 Å². The van der Waals surface area contributed by atoms with Crippen molar-refractivity contribution in [2.45, 2.75) is 32.0 Å². The molecule has 1 aromatic rings. The lowest BCUT2D eigenvalue weighted by Crippen LogP contribution is -2.10. The van der Waals surface area contributed by atoms with Gasteiger partial charge in [0.1, 0.15) is 11.1 Å². The molecule has 0 saturated carbocycles. The minimum absolute atomic E-state index is 0.0877. The SMILES string of the molecule is OCc1cnc(C2CCCCO2)s1. The van der Waals surface area contributed by atoms with Crippen molar-refractivity contribution in [3.8, 4) is 0 Å². The molecule has 3 nitrogen and oxygen atoms in total. The zero-order chi connectivity index (χ0) is 9.10. The molecular formula is C9H13NO2S. The number of aliphatic hydroxyl groups is 1. The van der Waals surface area contributed by atoms with Crippen LogP contribution in [0.3, 0.4) is 0 Å². The quantitative estimate of drug-likeness (QED) is 0.790. The molecule has 1 unspecified atom stereocenters. The maximum atomic E-state index is 8.88. The van der Waals surface area contributed by atoms with Gasteiger partial charge in [-0.3, -0.25) is 0 Å². The summed E-state index contributed by atoms with van der Waals surface area (Å²) in [5.74, 6) is 0. The Kier molecular flexibility index (Phi) is 2.93. The average molecular weight is 199 g/mol. The van der Waals surface area contributed by atoms with Crippen LogP contribution in [-0.4, -0.2) is 16.7 Å². The molecule has 2 rings (SSSR count). The third kappa shape index (κ3) is 2.07. The summed E-state index contributed by atoms with van der Waals surface area (Å²) in [5, 5.41) is 9.90. The Morgan fingerprint density at radius 1 is 1.62 bits per heavy atom. The van der Waals surface area contributed by atoms with Crippen molar-refractivity contribution in [1.29, 1.82) is 0 Å². The first-order valence-electron chi connectivity index (χ1n) is 4.57. The lowest BCUT2D eigenvalue weighted by molar-refractivity contribution is 0.0148. The lowest BCUT2D eigenvalue weighted by atomic mass is 10.1. The topological polar surface area (TPSA) is 42.4 Å². The number of ether oxygens (including phenoxy) is 1. The van der Waals surface area contributed by atoms with Crippen molar-refractivity contribution in [2.75, 3.05) is 6.61 Å². The van der Waals surface area contributed by atoms with Crippen LogP contribution in [0.15, 0.2) is 6.20 Å². The smallest absolute Gasteiger partial charge is 0.122 e. The zero-order valence-electron chi connectivity index (χ0n) is 7.40. The molecule has 1 N–H and O–H groups in total. The minimum atomic E-state index is 0.0877. The first-order chi connectivity index (χ1) is 6.40. The highest BCUT2D eigenvalue weighted by Gasteiger charge is 2.18. The van der Waals surface area contributed by atoms with Gasteiger partial charge in [0.15, 0.2) is 0 Å². The van der Waals surface area contributed by atoms with Gasteiger partial charge in [0.25, 0.3) is 0 Å². The molecule has 1 saturated heterocycles. The Labute approximate surface area is 81.4 Å². The molecular weight excluding hydrogens is 186 g/mol. The number of nitrogens with zero attached hydrogens (tertiary/aromatic N) is 1. The summed E-state index contributed by atoms with van der Waals surface area (Å²) in [5.41, 5.74) is 0. The van der Waals surface area contributed by atoms with Crippen LogP contribution in [0.1, 0.15) is 35.3 Å². The first kappa shape index (κ1) is 9.12. The molecule has 0 amide bonds. The highest BCUT2D eigenvalue weighted by atomic mass is 32.1. The van der Waals surface area contributed by atoms with Crippen LogP contribution in [0.5, 0.6) is 0 Å². The van der Waals surface area contributed by atoms with Crippen LogP contribution in [-0.2, 0) is 11.3 Å². The molecule has 2 heterocycles. The highest BCUT2D eigenvalue weighted by molar-refractivity contribution is 7.11. The number of aliphatic hydroxyl groups excluding tert-OH is 1. The molecule has 0 radical (unpaired) electrons. The summed E-state index contributed by atoms with van der Waals surface area (Å²) < 4.78 is 5.59. The van der Waals surface area contributed by atoms with Crippen LogP contribution in [0.25, 0.3) is 0 Å². The third-order valence-electron chi connectivity index (χ3n) is 2.18. The molecule has 1 aliphatic rings. The van der Waals surface area contributed by atoms with E-state index in [0.717, 1.165) is 29.3 Å². The van der Waals surface area contributed by atoms with Crippen molar-refractivity contribution in [3.05, 3.63) is 16.1 Å². The molecule has 13 heavy (non-hydrogen) atoms. The molecule has 1 atom stereocenters. The number of hydrogen-bond donors (Lipinski definition) is 1. The monoisotopic (exact) mass is 199 g/mol. The largest absolute Gasteiger partial charge is 0.391 e. The maximum absolute atomic E-state index is 8.88. The van der Waals surface area contributed by atoms with Crippen molar-refractivity contribution in [3.63, 3.8) is 0 Å². The predicted molar refractivity (Wildman–Crippen MR) is 50.6 cm³/mol. The summed E-state index contributed by atoms with van der Waals surface area (Å²) in [4.78, 5) is 5.16. The molecule has 0 spiro atoms. The van der Waals surface area contributed by atoms with E-state index in [4.69, 9.17) is 9.84 Å². The van der Waals surface area contributed by atoms with E-state index < -0.39 is 0 Å². The van der Waals surface area contributed by atoms with Crippen LogP contribution in [0.2, 0.25) is 0 Å². The number of hydrogen-bond acceptors (Lipinski definition) is 4. The Balaban J connectivity index is 2.05. The molecule has 4 heteroatoms. The number of thiazole rings is 1. The van der Waals surface area contributed by atoms with Gasteiger partial charge in [-0.1, -0.05) is 0 Å². The molecule has 1 aromatic heterocycles. The van der Waals surface area contributed by atoms with E-state index in [1.165, 1.54) is 6.42 Å². The Morgan fingerprint density at radius 2 is 2.54 bits per heavy atom. The fourth-order valence-corrected chi connectivity index (χ4v) is 2.34. The fourth-order valence-electron chi connectivity index (χ4n) is 1.48. The molecule has 0 aliphatic carbocycles. The third-order valence-corrected chi connectivity index (χ3v) is 3.26.